The second-order valence-electron chi connectivity index (χ2n) is 5.97. The standard InChI is InChI=1S/C13H24N2O3S/c1-10(2)14-13(12(16)17,11-3-4-11)9-15-5-7-19(18)8-6-15/h10-11,14H,3-9H2,1-2H3,(H,16,17). The Morgan fingerprint density at radius 1 is 1.42 bits per heavy atom. The lowest BCUT2D eigenvalue weighted by Crippen LogP contribution is -2.63. The number of carboxylic acid groups (broad SMARTS) is 1. The average molecular weight is 288 g/mol. The molecule has 5 nitrogen and oxygen atoms in total. The van der Waals surface area contributed by atoms with Gasteiger partial charge in [-0.1, -0.05) is 0 Å². The van der Waals surface area contributed by atoms with Crippen molar-refractivity contribution in [2.75, 3.05) is 31.1 Å². The average Bonchev–Trinajstić information content (AvgIpc) is 3.14. The van der Waals surface area contributed by atoms with Crippen LogP contribution in [0.25, 0.3) is 0 Å². The molecule has 1 unspecified atom stereocenters. The smallest absolute Gasteiger partial charge is 0.325 e. The number of hydrogen-bond acceptors (Lipinski definition) is 4. The summed E-state index contributed by atoms with van der Waals surface area (Å²) in [4.78, 5) is 14.0. The molecule has 19 heavy (non-hydrogen) atoms. The Morgan fingerprint density at radius 3 is 2.42 bits per heavy atom. The van der Waals surface area contributed by atoms with Crippen molar-refractivity contribution in [3.63, 3.8) is 0 Å². The van der Waals surface area contributed by atoms with Crippen molar-refractivity contribution in [1.29, 1.82) is 0 Å². The molecule has 0 aromatic rings. The van der Waals surface area contributed by atoms with Crippen LogP contribution in [0.1, 0.15) is 26.7 Å². The third kappa shape index (κ3) is 3.55. The molecule has 6 heteroatoms. The van der Waals surface area contributed by atoms with Crippen molar-refractivity contribution >= 4 is 16.8 Å². The zero-order chi connectivity index (χ0) is 14.0. The van der Waals surface area contributed by atoms with E-state index in [9.17, 15) is 14.1 Å². The first kappa shape index (κ1) is 14.9. The molecule has 0 spiro atoms. The van der Waals surface area contributed by atoms with Crippen LogP contribution in [0.15, 0.2) is 0 Å². The minimum Gasteiger partial charge on any atom is -0.480 e. The van der Waals surface area contributed by atoms with Gasteiger partial charge in [0, 0.05) is 48.0 Å². The molecule has 0 bridgehead atoms. The molecule has 0 aromatic carbocycles. The Hall–Kier alpha value is -0.460. The topological polar surface area (TPSA) is 69.6 Å². The first-order chi connectivity index (χ1) is 8.94. The zero-order valence-corrected chi connectivity index (χ0v) is 12.5. The maximum atomic E-state index is 11.8. The van der Waals surface area contributed by atoms with E-state index in [0.717, 1.165) is 25.9 Å². The fourth-order valence-electron chi connectivity index (χ4n) is 2.87. The lowest BCUT2D eigenvalue weighted by atomic mass is 9.91. The van der Waals surface area contributed by atoms with Crippen LogP contribution >= 0.6 is 0 Å². The van der Waals surface area contributed by atoms with Crippen LogP contribution in [0.4, 0.5) is 0 Å². The molecule has 0 amide bonds. The quantitative estimate of drug-likeness (QED) is 0.735. The van der Waals surface area contributed by atoms with E-state index < -0.39 is 22.3 Å². The molecule has 1 aliphatic heterocycles. The van der Waals surface area contributed by atoms with Crippen molar-refractivity contribution < 1.29 is 14.1 Å². The summed E-state index contributed by atoms with van der Waals surface area (Å²) in [7, 11) is -0.715. The van der Waals surface area contributed by atoms with Gasteiger partial charge in [-0.3, -0.25) is 19.2 Å². The molecule has 2 fully saturated rings. The van der Waals surface area contributed by atoms with Crippen LogP contribution in [0.2, 0.25) is 0 Å². The Kier molecular flexibility index (Phi) is 4.63. The van der Waals surface area contributed by atoms with Crippen LogP contribution in [-0.2, 0) is 15.6 Å². The molecule has 1 atom stereocenters. The van der Waals surface area contributed by atoms with E-state index in [1.54, 1.807) is 0 Å². The molecule has 1 heterocycles. The van der Waals surface area contributed by atoms with Gasteiger partial charge in [0.1, 0.15) is 5.54 Å². The van der Waals surface area contributed by atoms with Crippen molar-refractivity contribution in [3.8, 4) is 0 Å². The van der Waals surface area contributed by atoms with Crippen molar-refractivity contribution in [2.24, 2.45) is 5.92 Å². The number of rotatable bonds is 6. The van der Waals surface area contributed by atoms with E-state index in [1.807, 2.05) is 13.8 Å². The third-order valence-corrected chi connectivity index (χ3v) is 5.22. The van der Waals surface area contributed by atoms with Gasteiger partial charge in [0.05, 0.1) is 0 Å². The molecule has 0 radical (unpaired) electrons. The van der Waals surface area contributed by atoms with Gasteiger partial charge in [-0.25, -0.2) is 0 Å². The number of carboxylic acids is 1. The minimum atomic E-state index is -0.826. The van der Waals surface area contributed by atoms with Crippen molar-refractivity contribution in [1.82, 2.24) is 10.2 Å². The van der Waals surface area contributed by atoms with Gasteiger partial charge < -0.3 is 5.11 Å². The van der Waals surface area contributed by atoms with E-state index in [0.29, 0.717) is 18.1 Å². The first-order valence-corrected chi connectivity index (χ1v) is 8.51. The molecule has 1 saturated heterocycles. The summed E-state index contributed by atoms with van der Waals surface area (Å²) in [6.45, 7) is 6.00. The van der Waals surface area contributed by atoms with Crippen LogP contribution in [-0.4, -0.2) is 62.9 Å². The first-order valence-electron chi connectivity index (χ1n) is 7.02. The summed E-state index contributed by atoms with van der Waals surface area (Å²) in [5.41, 5.74) is -0.826. The fraction of sp³-hybridized carbons (Fsp3) is 0.923. The summed E-state index contributed by atoms with van der Waals surface area (Å²) in [6, 6.07) is 0.149. The molecule has 1 aliphatic carbocycles. The minimum absolute atomic E-state index is 0.149. The molecule has 1 saturated carbocycles. The summed E-state index contributed by atoms with van der Waals surface area (Å²) in [5, 5.41) is 13.0. The van der Waals surface area contributed by atoms with E-state index in [1.165, 1.54) is 0 Å². The monoisotopic (exact) mass is 288 g/mol. The molecular formula is C13H24N2O3S. The third-order valence-electron chi connectivity index (χ3n) is 3.95. The van der Waals surface area contributed by atoms with Crippen LogP contribution in [0.3, 0.4) is 0 Å². The van der Waals surface area contributed by atoms with Gasteiger partial charge in [-0.2, -0.15) is 0 Å². The molecule has 110 valence electrons. The summed E-state index contributed by atoms with van der Waals surface area (Å²) >= 11 is 0. The molecule has 2 aliphatic rings. The van der Waals surface area contributed by atoms with Gasteiger partial charge in [0.15, 0.2) is 0 Å². The van der Waals surface area contributed by atoms with Gasteiger partial charge in [-0.15, -0.1) is 0 Å². The fourth-order valence-corrected chi connectivity index (χ4v) is 4.00. The Labute approximate surface area is 117 Å². The number of nitrogens with one attached hydrogen (secondary N) is 1. The predicted octanol–water partition coefficient (Wildman–Crippen LogP) is 0.282. The Balaban J connectivity index is 2.08. The van der Waals surface area contributed by atoms with Gasteiger partial charge >= 0.3 is 5.97 Å². The highest BCUT2D eigenvalue weighted by atomic mass is 32.2. The number of hydrogen-bond donors (Lipinski definition) is 2. The van der Waals surface area contributed by atoms with Gasteiger partial charge in [0.2, 0.25) is 0 Å². The van der Waals surface area contributed by atoms with Crippen LogP contribution in [0, 0.1) is 5.92 Å². The van der Waals surface area contributed by atoms with E-state index in [-0.39, 0.29) is 12.0 Å². The lowest BCUT2D eigenvalue weighted by molar-refractivity contribution is -0.147. The van der Waals surface area contributed by atoms with Crippen LogP contribution in [0.5, 0.6) is 0 Å². The van der Waals surface area contributed by atoms with E-state index in [2.05, 4.69) is 10.2 Å². The second-order valence-corrected chi connectivity index (χ2v) is 7.67. The molecule has 0 aromatic heterocycles. The SMILES string of the molecule is CC(C)NC(CN1CCS(=O)CC1)(C(=O)O)C1CC1. The van der Waals surface area contributed by atoms with E-state index >= 15 is 0 Å². The van der Waals surface area contributed by atoms with Gasteiger partial charge in [-0.05, 0) is 32.6 Å². The largest absolute Gasteiger partial charge is 0.480 e. The summed E-state index contributed by atoms with van der Waals surface area (Å²) in [6.07, 6.45) is 1.98. The van der Waals surface area contributed by atoms with Crippen molar-refractivity contribution in [2.45, 2.75) is 38.3 Å². The van der Waals surface area contributed by atoms with Crippen LogP contribution < -0.4 is 5.32 Å². The Bertz CT molecular complexity index is 361. The van der Waals surface area contributed by atoms with E-state index in [4.69, 9.17) is 0 Å². The number of carbonyl (C=O) groups is 1. The van der Waals surface area contributed by atoms with Gasteiger partial charge in [0.25, 0.3) is 0 Å². The molecule has 2 rings (SSSR count). The highest BCUT2D eigenvalue weighted by Gasteiger charge is 2.52. The number of aliphatic carboxylic acids is 1. The second kappa shape index (κ2) is 5.89. The summed E-state index contributed by atoms with van der Waals surface area (Å²) in [5.74, 6) is 0.833. The Morgan fingerprint density at radius 2 is 2.00 bits per heavy atom. The summed E-state index contributed by atoms with van der Waals surface area (Å²) < 4.78 is 11.4. The predicted molar refractivity (Wildman–Crippen MR) is 75.7 cm³/mol. The molecule has 2 N–H and O–H groups in total. The van der Waals surface area contributed by atoms with Crippen molar-refractivity contribution in [3.05, 3.63) is 0 Å². The molecular weight excluding hydrogens is 264 g/mol. The maximum absolute atomic E-state index is 11.8. The zero-order valence-electron chi connectivity index (χ0n) is 11.7. The highest BCUT2D eigenvalue weighted by Crippen LogP contribution is 2.41. The number of nitrogens with zero attached hydrogens (tertiary/aromatic N) is 1. The highest BCUT2D eigenvalue weighted by molar-refractivity contribution is 7.85. The maximum Gasteiger partial charge on any atom is 0.325 e. The lowest BCUT2D eigenvalue weighted by Gasteiger charge is -2.38. The normalized spacial score (nSPS) is 25.4.